The molecule has 0 saturated carbocycles. The van der Waals surface area contributed by atoms with Crippen LogP contribution in [0.5, 0.6) is 0 Å². The summed E-state index contributed by atoms with van der Waals surface area (Å²) in [5, 5.41) is 0. The number of H-pyrrole nitrogens is 2. The largest absolute Gasteiger partial charge is 0.334 e. The molecule has 24 heavy (non-hydrogen) atoms. The zero-order valence-electron chi connectivity index (χ0n) is 13.5. The highest BCUT2D eigenvalue weighted by Crippen LogP contribution is 2.27. The van der Waals surface area contributed by atoms with Crippen LogP contribution in [0.1, 0.15) is 33.1 Å². The minimum absolute atomic E-state index is 0.0541. The first-order valence-corrected chi connectivity index (χ1v) is 8.28. The fraction of sp³-hybridized carbons (Fsp3) is 0.235. The maximum Gasteiger partial charge on any atom is 0.314 e. The van der Waals surface area contributed by atoms with E-state index in [0.717, 1.165) is 4.88 Å². The second-order valence-corrected chi connectivity index (χ2v) is 7.03. The number of aromatic nitrogens is 2. The number of aryl methyl sites for hydroxylation is 1. The first-order valence-electron chi connectivity index (χ1n) is 7.46. The normalized spacial score (nSPS) is 12.3. The van der Waals surface area contributed by atoms with Crippen LogP contribution in [0.15, 0.2) is 39.9 Å². The number of nitrogens with zero attached hydrogens (tertiary/aromatic N) is 1. The zero-order valence-corrected chi connectivity index (χ0v) is 14.4. The van der Waals surface area contributed by atoms with Crippen molar-refractivity contribution in [2.24, 2.45) is 0 Å². The molecule has 6 nitrogen and oxygen atoms in total. The number of nitrogens with one attached hydrogen (secondary N) is 2. The molecule has 0 unspecified atom stereocenters. The van der Waals surface area contributed by atoms with Crippen LogP contribution in [0, 0.1) is 6.92 Å². The van der Waals surface area contributed by atoms with Gasteiger partial charge in [0.1, 0.15) is 0 Å². The number of hydrogen-bond acceptors (Lipinski definition) is 4. The Morgan fingerprint density at radius 1 is 1.08 bits per heavy atom. The van der Waals surface area contributed by atoms with Crippen molar-refractivity contribution in [2.45, 2.75) is 19.9 Å². The van der Waals surface area contributed by atoms with E-state index in [0.29, 0.717) is 16.6 Å². The van der Waals surface area contributed by atoms with Crippen LogP contribution >= 0.6 is 11.3 Å². The van der Waals surface area contributed by atoms with Crippen molar-refractivity contribution in [3.8, 4) is 0 Å². The van der Waals surface area contributed by atoms with Gasteiger partial charge in [-0.3, -0.25) is 14.4 Å². The first-order chi connectivity index (χ1) is 11.4. The fourth-order valence-electron chi connectivity index (χ4n) is 2.50. The maximum atomic E-state index is 12.7. The third-order valence-corrected chi connectivity index (χ3v) is 5.21. The van der Waals surface area contributed by atoms with Crippen molar-refractivity contribution in [2.75, 3.05) is 7.05 Å². The predicted molar refractivity (Wildman–Crippen MR) is 94.8 cm³/mol. The van der Waals surface area contributed by atoms with Crippen molar-refractivity contribution >= 4 is 28.3 Å². The van der Waals surface area contributed by atoms with Gasteiger partial charge in [0.2, 0.25) is 0 Å². The van der Waals surface area contributed by atoms with E-state index < -0.39 is 11.1 Å². The Bertz CT molecular complexity index is 1030. The molecule has 3 rings (SSSR count). The second-order valence-electron chi connectivity index (χ2n) is 5.71. The summed E-state index contributed by atoms with van der Waals surface area (Å²) in [6.45, 7) is 4.01. The summed E-state index contributed by atoms with van der Waals surface area (Å²) in [7, 11) is 1.75. The highest BCUT2D eigenvalue weighted by atomic mass is 32.1. The molecule has 0 spiro atoms. The molecule has 2 heterocycles. The van der Waals surface area contributed by atoms with E-state index in [1.807, 2.05) is 26.0 Å². The second kappa shape index (κ2) is 6.09. The maximum absolute atomic E-state index is 12.7. The molecular formula is C17H17N3O3S. The molecule has 0 aliphatic heterocycles. The molecule has 0 saturated heterocycles. The molecule has 1 amide bonds. The molecule has 0 bridgehead atoms. The van der Waals surface area contributed by atoms with E-state index in [1.165, 1.54) is 4.88 Å². The molecule has 0 fully saturated rings. The summed E-state index contributed by atoms with van der Waals surface area (Å²) < 4.78 is 0. The Hall–Kier alpha value is -2.67. The van der Waals surface area contributed by atoms with E-state index in [4.69, 9.17) is 0 Å². The molecule has 1 aromatic carbocycles. The molecule has 0 aliphatic rings. The van der Waals surface area contributed by atoms with Gasteiger partial charge in [-0.1, -0.05) is 0 Å². The number of carbonyl (C=O) groups excluding carboxylic acids is 1. The van der Waals surface area contributed by atoms with Crippen molar-refractivity contribution < 1.29 is 4.79 Å². The molecule has 0 radical (unpaired) electrons. The molecule has 2 aromatic heterocycles. The van der Waals surface area contributed by atoms with E-state index in [2.05, 4.69) is 9.97 Å². The van der Waals surface area contributed by atoms with Crippen LogP contribution in [-0.4, -0.2) is 27.8 Å². The Labute approximate surface area is 141 Å². The van der Waals surface area contributed by atoms with Gasteiger partial charge in [-0.15, -0.1) is 11.3 Å². The van der Waals surface area contributed by atoms with E-state index >= 15 is 0 Å². The van der Waals surface area contributed by atoms with Gasteiger partial charge >= 0.3 is 11.1 Å². The Morgan fingerprint density at radius 3 is 2.38 bits per heavy atom. The van der Waals surface area contributed by atoms with Gasteiger partial charge in [-0.2, -0.15) is 0 Å². The van der Waals surface area contributed by atoms with Gasteiger partial charge in [0, 0.05) is 22.4 Å². The monoisotopic (exact) mass is 343 g/mol. The van der Waals surface area contributed by atoms with Crippen LogP contribution in [0.3, 0.4) is 0 Å². The van der Waals surface area contributed by atoms with Crippen LogP contribution in [-0.2, 0) is 0 Å². The topological polar surface area (TPSA) is 86.0 Å². The van der Waals surface area contributed by atoms with E-state index in [-0.39, 0.29) is 11.9 Å². The summed E-state index contributed by atoms with van der Waals surface area (Å²) in [4.78, 5) is 44.5. The van der Waals surface area contributed by atoms with Gasteiger partial charge in [0.25, 0.3) is 5.91 Å². The summed E-state index contributed by atoms with van der Waals surface area (Å²) in [6.07, 6.45) is 0. The number of benzene rings is 1. The van der Waals surface area contributed by atoms with Crippen LogP contribution in [0.4, 0.5) is 0 Å². The summed E-state index contributed by atoms with van der Waals surface area (Å²) in [5.41, 5.74) is -0.0738. The smallest absolute Gasteiger partial charge is 0.314 e. The minimum atomic E-state index is -0.733. The first kappa shape index (κ1) is 16.2. The van der Waals surface area contributed by atoms with Crippen LogP contribution < -0.4 is 11.1 Å². The number of fused-ring (bicyclic) bond motifs is 1. The number of carbonyl (C=O) groups is 1. The Balaban J connectivity index is 1.94. The third kappa shape index (κ3) is 2.90. The van der Waals surface area contributed by atoms with Gasteiger partial charge in [-0.25, -0.2) is 0 Å². The predicted octanol–water partition coefficient (Wildman–Crippen LogP) is 2.42. The molecule has 3 aromatic rings. The average molecular weight is 343 g/mol. The molecule has 124 valence electrons. The summed E-state index contributed by atoms with van der Waals surface area (Å²) in [6, 6.07) is 8.85. The van der Waals surface area contributed by atoms with Crippen molar-refractivity contribution in [3.05, 3.63) is 66.4 Å². The van der Waals surface area contributed by atoms with Crippen LogP contribution in [0.2, 0.25) is 0 Å². The fourth-order valence-corrected chi connectivity index (χ4v) is 3.47. The third-order valence-electron chi connectivity index (χ3n) is 4.04. The number of hydrogen-bond donors (Lipinski definition) is 2. The minimum Gasteiger partial charge on any atom is -0.334 e. The number of amides is 1. The van der Waals surface area contributed by atoms with E-state index in [9.17, 15) is 14.4 Å². The standard InChI is InChI=1S/C17H17N3O3S/c1-9-4-7-14(24-9)10(2)20(3)17(23)11-5-6-12-13(8-11)19-16(22)15(21)18-12/h4-8,10H,1-3H3,(H,18,21)(H,19,22)/t10-/m0/s1. The van der Waals surface area contributed by atoms with Crippen molar-refractivity contribution in [1.82, 2.24) is 14.9 Å². The molecule has 2 N–H and O–H groups in total. The molecule has 0 aliphatic carbocycles. The zero-order chi connectivity index (χ0) is 17.4. The van der Waals surface area contributed by atoms with Gasteiger partial charge in [0.05, 0.1) is 17.1 Å². The Morgan fingerprint density at radius 2 is 1.75 bits per heavy atom. The molecular weight excluding hydrogens is 326 g/mol. The lowest BCUT2D eigenvalue weighted by molar-refractivity contribution is 0.0745. The summed E-state index contributed by atoms with van der Waals surface area (Å²) in [5.74, 6) is -0.150. The van der Waals surface area contributed by atoms with Crippen LogP contribution in [0.25, 0.3) is 11.0 Å². The summed E-state index contributed by atoms with van der Waals surface area (Å²) >= 11 is 1.66. The highest BCUT2D eigenvalue weighted by Gasteiger charge is 2.20. The average Bonchev–Trinajstić information content (AvgIpc) is 3.00. The Kier molecular flexibility index (Phi) is 4.11. The van der Waals surface area contributed by atoms with Gasteiger partial charge in [-0.05, 0) is 44.2 Å². The van der Waals surface area contributed by atoms with E-state index in [1.54, 1.807) is 41.5 Å². The highest BCUT2D eigenvalue weighted by molar-refractivity contribution is 7.12. The van der Waals surface area contributed by atoms with Gasteiger partial charge < -0.3 is 14.9 Å². The number of aromatic amines is 2. The lowest BCUT2D eigenvalue weighted by Gasteiger charge is -2.24. The molecule has 7 heteroatoms. The van der Waals surface area contributed by atoms with Crippen molar-refractivity contribution in [3.63, 3.8) is 0 Å². The number of rotatable bonds is 3. The lowest BCUT2D eigenvalue weighted by atomic mass is 10.1. The SMILES string of the molecule is Cc1ccc([C@H](C)N(C)C(=O)c2ccc3[nH]c(=O)c(=O)[nH]c3c2)s1. The van der Waals surface area contributed by atoms with Crippen molar-refractivity contribution in [1.29, 1.82) is 0 Å². The lowest BCUT2D eigenvalue weighted by Crippen LogP contribution is -2.30. The molecule has 1 atom stereocenters. The number of thiophene rings is 1. The quantitative estimate of drug-likeness (QED) is 0.716. The van der Waals surface area contributed by atoms with Gasteiger partial charge in [0.15, 0.2) is 0 Å².